The normalized spacial score (nSPS) is 31.6. The van der Waals surface area contributed by atoms with Crippen molar-refractivity contribution >= 4 is 17.7 Å². The van der Waals surface area contributed by atoms with Crippen molar-refractivity contribution < 1.29 is 28.6 Å². The highest BCUT2D eigenvalue weighted by Gasteiger charge is 2.61. The summed E-state index contributed by atoms with van der Waals surface area (Å²) in [7, 11) is 1.31. The number of carbonyl (C=O) groups is 3. The van der Waals surface area contributed by atoms with Gasteiger partial charge in [0.05, 0.1) is 32.2 Å². The molecule has 0 amide bonds. The van der Waals surface area contributed by atoms with Crippen LogP contribution in [0.4, 0.5) is 0 Å². The maximum Gasteiger partial charge on any atom is 0.330 e. The second kappa shape index (κ2) is 7.43. The summed E-state index contributed by atoms with van der Waals surface area (Å²) in [6.45, 7) is 6.52. The Hall–Kier alpha value is -2.21. The first-order valence-corrected chi connectivity index (χ1v) is 9.23. The van der Waals surface area contributed by atoms with Crippen molar-refractivity contribution in [2.45, 2.75) is 45.8 Å². The fraction of sp³-hybridized carbons (Fsp3) is 0.571. The minimum absolute atomic E-state index is 0.0314. The van der Waals surface area contributed by atoms with E-state index in [1.807, 2.05) is 32.9 Å². The molecule has 2 aliphatic carbocycles. The van der Waals surface area contributed by atoms with Crippen LogP contribution in [-0.2, 0) is 28.6 Å². The lowest BCUT2D eigenvalue weighted by molar-refractivity contribution is -0.150. The second-order valence-electron chi connectivity index (χ2n) is 7.93. The number of esters is 2. The Morgan fingerprint density at radius 2 is 2.00 bits per heavy atom. The third-order valence-electron chi connectivity index (χ3n) is 5.76. The van der Waals surface area contributed by atoms with Crippen molar-refractivity contribution in [2.75, 3.05) is 13.7 Å². The molecule has 0 bridgehead atoms. The number of ether oxygens (including phenoxy) is 3. The van der Waals surface area contributed by atoms with Gasteiger partial charge >= 0.3 is 11.9 Å². The lowest BCUT2D eigenvalue weighted by atomic mass is 10.1. The average Bonchev–Trinajstić information content (AvgIpc) is 3.50. The standard InChI is InChI=1S/C21H26O6/c1-12-14(7-5-6-13-11-26-13)16(22)10-17(12)27-20(24)19-15(21(19,2)3)8-9-18(23)25-4/h5-6,8-9,13,15,17,19H,7,10-11H2,1-4H3/b6-5+,9-8-/t13-,15+,17-,19-/m0/s1. The number of Topliss-reactive ketones (excluding diaryl/α,β-unsaturated/α-hetero) is 1. The van der Waals surface area contributed by atoms with Crippen LogP contribution in [-0.4, -0.2) is 43.6 Å². The molecule has 0 unspecified atom stereocenters. The van der Waals surface area contributed by atoms with Crippen LogP contribution < -0.4 is 0 Å². The van der Waals surface area contributed by atoms with Gasteiger partial charge in [0, 0.05) is 11.6 Å². The molecule has 0 aromatic rings. The number of methoxy groups -OCH3 is 1. The monoisotopic (exact) mass is 374 g/mol. The van der Waals surface area contributed by atoms with Crippen LogP contribution in [0.1, 0.15) is 33.6 Å². The van der Waals surface area contributed by atoms with E-state index in [-0.39, 0.29) is 41.5 Å². The predicted molar refractivity (Wildman–Crippen MR) is 97.6 cm³/mol. The second-order valence-corrected chi connectivity index (χ2v) is 7.93. The molecular formula is C21H26O6. The molecule has 1 saturated carbocycles. The predicted octanol–water partition coefficient (Wildman–Crippen LogP) is 2.53. The first-order chi connectivity index (χ1) is 12.8. The van der Waals surface area contributed by atoms with E-state index in [1.54, 1.807) is 6.08 Å². The zero-order valence-electron chi connectivity index (χ0n) is 16.2. The SMILES string of the molecule is COC(=O)/C=C\[C@@H]1[C@@H](C(=O)O[C@H]2CC(=O)C(C/C=C/[C@H]3CO3)=C2C)C1(C)C. The molecule has 2 fully saturated rings. The van der Waals surface area contributed by atoms with Gasteiger partial charge < -0.3 is 14.2 Å². The summed E-state index contributed by atoms with van der Waals surface area (Å²) in [4.78, 5) is 36.2. The van der Waals surface area contributed by atoms with E-state index in [1.165, 1.54) is 13.2 Å². The molecule has 0 aromatic heterocycles. The van der Waals surface area contributed by atoms with Gasteiger partial charge in [-0.3, -0.25) is 9.59 Å². The Balaban J connectivity index is 1.60. The average molecular weight is 374 g/mol. The molecular weight excluding hydrogens is 348 g/mol. The molecule has 0 aromatic carbocycles. The molecule has 1 saturated heterocycles. The Kier molecular flexibility index (Phi) is 5.38. The largest absolute Gasteiger partial charge is 0.466 e. The maximum atomic E-state index is 12.6. The van der Waals surface area contributed by atoms with E-state index in [4.69, 9.17) is 9.47 Å². The smallest absolute Gasteiger partial charge is 0.330 e. The zero-order valence-corrected chi connectivity index (χ0v) is 16.2. The van der Waals surface area contributed by atoms with Crippen molar-refractivity contribution in [1.82, 2.24) is 0 Å². The Morgan fingerprint density at radius 1 is 1.30 bits per heavy atom. The van der Waals surface area contributed by atoms with E-state index < -0.39 is 12.1 Å². The highest BCUT2D eigenvalue weighted by molar-refractivity contribution is 6.00. The van der Waals surface area contributed by atoms with Crippen molar-refractivity contribution in [1.29, 1.82) is 0 Å². The van der Waals surface area contributed by atoms with E-state index in [9.17, 15) is 14.4 Å². The van der Waals surface area contributed by atoms with E-state index >= 15 is 0 Å². The Morgan fingerprint density at radius 3 is 2.63 bits per heavy atom. The topological polar surface area (TPSA) is 82.2 Å². The van der Waals surface area contributed by atoms with Gasteiger partial charge in [-0.15, -0.1) is 0 Å². The van der Waals surface area contributed by atoms with Crippen molar-refractivity contribution in [2.24, 2.45) is 17.3 Å². The number of hydrogen-bond acceptors (Lipinski definition) is 6. The van der Waals surface area contributed by atoms with Gasteiger partial charge in [0.15, 0.2) is 5.78 Å². The first kappa shape index (κ1) is 19.5. The number of carbonyl (C=O) groups excluding carboxylic acids is 3. The van der Waals surface area contributed by atoms with Crippen LogP contribution in [0.15, 0.2) is 35.5 Å². The number of ketones is 1. The molecule has 1 aliphatic heterocycles. The minimum atomic E-state index is -0.493. The zero-order chi connectivity index (χ0) is 19.8. The van der Waals surface area contributed by atoms with E-state index in [0.717, 1.165) is 17.8 Å². The summed E-state index contributed by atoms with van der Waals surface area (Å²) >= 11 is 0. The molecule has 6 nitrogen and oxygen atoms in total. The molecule has 0 radical (unpaired) electrons. The summed E-state index contributed by atoms with van der Waals surface area (Å²) in [5.74, 6) is -1.13. The van der Waals surface area contributed by atoms with Gasteiger partial charge in [-0.1, -0.05) is 32.1 Å². The molecule has 4 atom stereocenters. The Labute approximate surface area is 159 Å². The van der Waals surface area contributed by atoms with Gasteiger partial charge in [0.2, 0.25) is 0 Å². The van der Waals surface area contributed by atoms with Gasteiger partial charge in [-0.25, -0.2) is 4.79 Å². The Bertz CT molecular complexity index is 738. The summed E-state index contributed by atoms with van der Waals surface area (Å²) in [6, 6.07) is 0. The van der Waals surface area contributed by atoms with Gasteiger partial charge in [-0.2, -0.15) is 0 Å². The quantitative estimate of drug-likeness (QED) is 0.295. The lowest BCUT2D eigenvalue weighted by Crippen LogP contribution is -2.20. The maximum absolute atomic E-state index is 12.6. The molecule has 1 heterocycles. The van der Waals surface area contributed by atoms with Crippen molar-refractivity contribution in [3.05, 3.63) is 35.5 Å². The van der Waals surface area contributed by atoms with Crippen LogP contribution in [0.25, 0.3) is 0 Å². The lowest BCUT2D eigenvalue weighted by Gasteiger charge is -2.13. The molecule has 3 aliphatic rings. The number of hydrogen-bond donors (Lipinski definition) is 0. The van der Waals surface area contributed by atoms with E-state index in [0.29, 0.717) is 6.42 Å². The number of rotatable bonds is 7. The van der Waals surface area contributed by atoms with Gasteiger partial charge in [0.1, 0.15) is 6.10 Å². The fourth-order valence-corrected chi connectivity index (χ4v) is 3.72. The number of allylic oxidation sites excluding steroid dienone is 3. The number of epoxide rings is 1. The van der Waals surface area contributed by atoms with Crippen LogP contribution in [0.3, 0.4) is 0 Å². The van der Waals surface area contributed by atoms with Crippen molar-refractivity contribution in [3.63, 3.8) is 0 Å². The molecule has 146 valence electrons. The van der Waals surface area contributed by atoms with Gasteiger partial charge in [0.25, 0.3) is 0 Å². The van der Waals surface area contributed by atoms with Crippen LogP contribution in [0.5, 0.6) is 0 Å². The van der Waals surface area contributed by atoms with Crippen LogP contribution in [0, 0.1) is 17.3 Å². The van der Waals surface area contributed by atoms with Gasteiger partial charge in [-0.05, 0) is 30.3 Å². The third-order valence-corrected chi connectivity index (χ3v) is 5.76. The first-order valence-electron chi connectivity index (χ1n) is 9.23. The molecule has 3 rings (SSSR count). The highest BCUT2D eigenvalue weighted by atomic mass is 16.6. The molecule has 6 heteroatoms. The summed E-state index contributed by atoms with van der Waals surface area (Å²) in [5.41, 5.74) is 1.27. The summed E-state index contributed by atoms with van der Waals surface area (Å²) in [6.07, 6.45) is 7.38. The molecule has 27 heavy (non-hydrogen) atoms. The van der Waals surface area contributed by atoms with Crippen LogP contribution >= 0.6 is 0 Å². The van der Waals surface area contributed by atoms with Crippen LogP contribution in [0.2, 0.25) is 0 Å². The van der Waals surface area contributed by atoms with E-state index in [2.05, 4.69) is 4.74 Å². The highest BCUT2D eigenvalue weighted by Crippen LogP contribution is 2.59. The third kappa shape index (κ3) is 4.21. The summed E-state index contributed by atoms with van der Waals surface area (Å²) < 4.78 is 15.4. The molecule has 0 spiro atoms. The summed E-state index contributed by atoms with van der Waals surface area (Å²) in [5, 5.41) is 0. The fourth-order valence-electron chi connectivity index (χ4n) is 3.72. The minimum Gasteiger partial charge on any atom is -0.466 e. The molecule has 0 N–H and O–H groups in total. The van der Waals surface area contributed by atoms with Crippen molar-refractivity contribution in [3.8, 4) is 0 Å².